The number of rotatable bonds is 6. The van der Waals surface area contributed by atoms with E-state index in [1.54, 1.807) is 12.4 Å². The number of anilines is 1. The molecule has 0 aliphatic carbocycles. The summed E-state index contributed by atoms with van der Waals surface area (Å²) in [5.41, 5.74) is 0.876. The van der Waals surface area contributed by atoms with Gasteiger partial charge in [0.15, 0.2) is 5.82 Å². The molecule has 1 fully saturated rings. The van der Waals surface area contributed by atoms with Gasteiger partial charge in [-0.15, -0.1) is 5.10 Å². The van der Waals surface area contributed by atoms with Crippen molar-refractivity contribution in [2.24, 2.45) is 0 Å². The second-order valence-electron chi connectivity index (χ2n) is 5.89. The fraction of sp³-hybridized carbons (Fsp3) is 0.600. The number of pyridine rings is 1. The predicted molar refractivity (Wildman–Crippen MR) is 94.5 cm³/mol. The van der Waals surface area contributed by atoms with Gasteiger partial charge in [0, 0.05) is 45.1 Å². The second kappa shape index (κ2) is 8.09. The first-order chi connectivity index (χ1) is 11.7. The van der Waals surface area contributed by atoms with E-state index < -0.39 is 0 Å². The van der Waals surface area contributed by atoms with Crippen molar-refractivity contribution in [3.63, 3.8) is 0 Å². The lowest BCUT2D eigenvalue weighted by molar-refractivity contribution is 0.239. The lowest BCUT2D eigenvalue weighted by Crippen LogP contribution is -2.46. The van der Waals surface area contributed by atoms with Crippen molar-refractivity contribution < 1.29 is 0 Å². The lowest BCUT2D eigenvalue weighted by Gasteiger charge is -2.36. The van der Waals surface area contributed by atoms with Crippen LogP contribution >= 0.6 is 23.2 Å². The summed E-state index contributed by atoms with van der Waals surface area (Å²) in [5.74, 6) is 0.928. The molecule has 1 aliphatic heterocycles. The average molecular weight is 370 g/mol. The SMILES string of the molecule is CCCCn1nnnc1CN1CCN(c2c(Cl)cncc2Cl)CC1. The van der Waals surface area contributed by atoms with Gasteiger partial charge < -0.3 is 4.90 Å². The summed E-state index contributed by atoms with van der Waals surface area (Å²) in [7, 11) is 0. The van der Waals surface area contributed by atoms with Gasteiger partial charge in [0.05, 0.1) is 22.3 Å². The maximum Gasteiger partial charge on any atom is 0.165 e. The smallest absolute Gasteiger partial charge is 0.165 e. The van der Waals surface area contributed by atoms with Crippen molar-refractivity contribution in [2.45, 2.75) is 32.9 Å². The highest BCUT2D eigenvalue weighted by Crippen LogP contribution is 2.33. The van der Waals surface area contributed by atoms with E-state index in [4.69, 9.17) is 23.2 Å². The van der Waals surface area contributed by atoms with Crippen LogP contribution in [0.3, 0.4) is 0 Å². The summed E-state index contributed by atoms with van der Waals surface area (Å²) in [6.07, 6.45) is 5.49. The topological polar surface area (TPSA) is 63.0 Å². The third kappa shape index (κ3) is 3.96. The quantitative estimate of drug-likeness (QED) is 0.779. The number of unbranched alkanes of at least 4 members (excludes halogenated alkanes) is 1. The number of aryl methyl sites for hydroxylation is 1. The molecule has 0 unspecified atom stereocenters. The molecule has 3 heterocycles. The minimum atomic E-state index is 0.597. The summed E-state index contributed by atoms with van der Waals surface area (Å²) in [6, 6.07) is 0. The Bertz CT molecular complexity index is 647. The summed E-state index contributed by atoms with van der Waals surface area (Å²) < 4.78 is 1.91. The van der Waals surface area contributed by atoms with Crippen LogP contribution in [0, 0.1) is 0 Å². The van der Waals surface area contributed by atoms with E-state index in [0.29, 0.717) is 10.0 Å². The number of halogens is 2. The molecule has 7 nitrogen and oxygen atoms in total. The molecule has 24 heavy (non-hydrogen) atoms. The zero-order valence-corrected chi connectivity index (χ0v) is 15.2. The first-order valence-electron chi connectivity index (χ1n) is 8.20. The van der Waals surface area contributed by atoms with Crippen LogP contribution in [-0.2, 0) is 13.1 Å². The molecule has 0 amide bonds. The molecule has 2 aromatic rings. The second-order valence-corrected chi connectivity index (χ2v) is 6.70. The Labute approximate surface area is 151 Å². The molecule has 0 radical (unpaired) electrons. The van der Waals surface area contributed by atoms with Crippen molar-refractivity contribution in [1.82, 2.24) is 30.1 Å². The molecule has 0 bridgehead atoms. The van der Waals surface area contributed by atoms with Crippen LogP contribution in [0.4, 0.5) is 5.69 Å². The van der Waals surface area contributed by atoms with Gasteiger partial charge in [-0.05, 0) is 16.8 Å². The van der Waals surface area contributed by atoms with Crippen LogP contribution < -0.4 is 4.90 Å². The van der Waals surface area contributed by atoms with Gasteiger partial charge in [-0.2, -0.15) is 0 Å². The number of piperazine rings is 1. The molecule has 0 saturated carbocycles. The molecular weight excluding hydrogens is 349 g/mol. The number of hydrogen-bond donors (Lipinski definition) is 0. The van der Waals surface area contributed by atoms with Crippen molar-refractivity contribution in [3.8, 4) is 0 Å². The highest BCUT2D eigenvalue weighted by atomic mass is 35.5. The number of nitrogens with zero attached hydrogens (tertiary/aromatic N) is 7. The Morgan fingerprint density at radius 1 is 1.08 bits per heavy atom. The molecule has 2 aromatic heterocycles. The molecule has 9 heteroatoms. The van der Waals surface area contributed by atoms with E-state index >= 15 is 0 Å². The Morgan fingerprint density at radius 2 is 1.79 bits per heavy atom. The Balaban J connectivity index is 1.59. The first kappa shape index (κ1) is 17.4. The van der Waals surface area contributed by atoms with Gasteiger partial charge >= 0.3 is 0 Å². The minimum Gasteiger partial charge on any atom is -0.366 e. The number of hydrogen-bond acceptors (Lipinski definition) is 6. The highest BCUT2D eigenvalue weighted by Gasteiger charge is 2.22. The molecule has 1 aliphatic rings. The van der Waals surface area contributed by atoms with Gasteiger partial charge in [0.2, 0.25) is 0 Å². The van der Waals surface area contributed by atoms with Crippen LogP contribution in [0.15, 0.2) is 12.4 Å². The Morgan fingerprint density at radius 3 is 2.46 bits per heavy atom. The predicted octanol–water partition coefficient (Wildman–Crippen LogP) is 2.50. The van der Waals surface area contributed by atoms with Gasteiger partial charge in [-0.1, -0.05) is 36.5 Å². The van der Waals surface area contributed by atoms with Crippen LogP contribution in [0.1, 0.15) is 25.6 Å². The Hall–Kier alpha value is -1.44. The average Bonchev–Trinajstić information content (AvgIpc) is 3.01. The fourth-order valence-corrected chi connectivity index (χ4v) is 3.46. The molecular formula is C15H21Cl2N7. The zero-order valence-electron chi connectivity index (χ0n) is 13.7. The maximum atomic E-state index is 6.25. The van der Waals surface area contributed by atoms with Crippen molar-refractivity contribution in [3.05, 3.63) is 28.3 Å². The van der Waals surface area contributed by atoms with E-state index in [1.165, 1.54) is 0 Å². The zero-order chi connectivity index (χ0) is 16.9. The summed E-state index contributed by atoms with van der Waals surface area (Å²) in [4.78, 5) is 8.58. The molecule has 0 aromatic carbocycles. The van der Waals surface area contributed by atoms with E-state index in [-0.39, 0.29) is 0 Å². The monoisotopic (exact) mass is 369 g/mol. The first-order valence-corrected chi connectivity index (χ1v) is 8.96. The maximum absolute atomic E-state index is 6.25. The van der Waals surface area contributed by atoms with E-state index in [0.717, 1.165) is 63.6 Å². The van der Waals surface area contributed by atoms with E-state index in [2.05, 4.69) is 37.2 Å². The molecule has 3 rings (SSSR count). The Kier molecular flexibility index (Phi) is 5.86. The molecule has 0 atom stereocenters. The highest BCUT2D eigenvalue weighted by molar-refractivity contribution is 6.38. The third-order valence-electron chi connectivity index (χ3n) is 4.21. The van der Waals surface area contributed by atoms with Crippen molar-refractivity contribution in [2.75, 3.05) is 31.1 Å². The molecule has 1 saturated heterocycles. The van der Waals surface area contributed by atoms with Gasteiger partial charge in [0.1, 0.15) is 0 Å². The van der Waals surface area contributed by atoms with E-state index in [1.807, 2.05) is 4.68 Å². The minimum absolute atomic E-state index is 0.597. The van der Waals surface area contributed by atoms with Crippen LogP contribution in [0.2, 0.25) is 10.0 Å². The number of tetrazole rings is 1. The van der Waals surface area contributed by atoms with Crippen LogP contribution in [0.5, 0.6) is 0 Å². The van der Waals surface area contributed by atoms with Crippen LogP contribution in [0.25, 0.3) is 0 Å². The van der Waals surface area contributed by atoms with E-state index in [9.17, 15) is 0 Å². The van der Waals surface area contributed by atoms with Gasteiger partial charge in [0.25, 0.3) is 0 Å². The molecule has 0 spiro atoms. The van der Waals surface area contributed by atoms with Crippen molar-refractivity contribution in [1.29, 1.82) is 0 Å². The number of aromatic nitrogens is 5. The van der Waals surface area contributed by atoms with Gasteiger partial charge in [-0.3, -0.25) is 9.88 Å². The van der Waals surface area contributed by atoms with Crippen LogP contribution in [-0.4, -0.2) is 56.3 Å². The summed E-state index contributed by atoms with van der Waals surface area (Å²) in [5, 5.41) is 13.3. The lowest BCUT2D eigenvalue weighted by atomic mass is 10.2. The van der Waals surface area contributed by atoms with Gasteiger partial charge in [-0.25, -0.2) is 4.68 Å². The normalized spacial score (nSPS) is 15.9. The summed E-state index contributed by atoms with van der Waals surface area (Å²) >= 11 is 12.5. The fourth-order valence-electron chi connectivity index (χ4n) is 2.85. The largest absolute Gasteiger partial charge is 0.366 e. The van der Waals surface area contributed by atoms with Crippen molar-refractivity contribution >= 4 is 28.9 Å². The standard InChI is InChI=1S/C15H21Cl2N7/c1-2-3-4-24-14(19-20-21-24)11-22-5-7-23(8-6-22)15-12(16)9-18-10-13(15)17/h9-10H,2-8,11H2,1H3. The molecule has 0 N–H and O–H groups in total. The third-order valence-corrected chi connectivity index (χ3v) is 4.76. The summed E-state index contributed by atoms with van der Waals surface area (Å²) in [6.45, 7) is 7.35. The molecule has 130 valence electrons.